The molecule has 1 aromatic carbocycles. The monoisotopic (exact) mass is 339 g/mol. The molecule has 2 N–H and O–H groups in total. The van der Waals surface area contributed by atoms with Gasteiger partial charge >= 0.3 is 0 Å². The number of carbonyl (C=O) groups excluding carboxylic acids is 1. The first kappa shape index (κ1) is 16.9. The zero-order valence-corrected chi connectivity index (χ0v) is 14.4. The van der Waals surface area contributed by atoms with Gasteiger partial charge in [0.2, 0.25) is 5.91 Å². The van der Waals surface area contributed by atoms with Crippen LogP contribution in [0.1, 0.15) is 31.4 Å². The first-order valence-electron chi connectivity index (χ1n) is 8.11. The maximum atomic E-state index is 12.4. The van der Waals surface area contributed by atoms with Gasteiger partial charge in [0.05, 0.1) is 17.8 Å². The molecule has 0 aliphatic rings. The topological polar surface area (TPSA) is 85.0 Å². The Morgan fingerprint density at radius 1 is 1.16 bits per heavy atom. The van der Waals surface area contributed by atoms with Gasteiger partial charge in [-0.3, -0.25) is 10.1 Å². The smallest absolute Gasteiger partial charge is 0.241 e. The third-order valence-corrected chi connectivity index (χ3v) is 3.90. The normalized spacial score (nSPS) is 13.4. The van der Waals surface area contributed by atoms with Crippen LogP contribution in [0.2, 0.25) is 0 Å². The number of hydrogen-bond donors (Lipinski definition) is 2. The van der Waals surface area contributed by atoms with E-state index in [1.807, 2.05) is 57.2 Å². The van der Waals surface area contributed by atoms with Crippen LogP contribution in [0.15, 0.2) is 53.5 Å². The van der Waals surface area contributed by atoms with Gasteiger partial charge in [-0.1, -0.05) is 0 Å². The lowest BCUT2D eigenvalue weighted by molar-refractivity contribution is -0.118. The molecular weight excluding hydrogens is 318 g/mol. The van der Waals surface area contributed by atoms with Crippen LogP contribution in [0, 0.1) is 6.92 Å². The number of nitrogens with one attached hydrogen (secondary N) is 2. The van der Waals surface area contributed by atoms with Gasteiger partial charge < -0.3 is 9.73 Å². The fourth-order valence-corrected chi connectivity index (χ4v) is 2.51. The lowest BCUT2D eigenvalue weighted by atomic mass is 10.2. The number of hydrogen-bond acceptors (Lipinski definition) is 5. The van der Waals surface area contributed by atoms with Crippen molar-refractivity contribution < 1.29 is 9.21 Å². The molecule has 3 aromatic rings. The predicted molar refractivity (Wildman–Crippen MR) is 94.4 cm³/mol. The largest absolute Gasteiger partial charge is 0.465 e. The second kappa shape index (κ2) is 7.31. The van der Waals surface area contributed by atoms with E-state index in [0.29, 0.717) is 0 Å². The summed E-state index contributed by atoms with van der Waals surface area (Å²) >= 11 is 0. The fraction of sp³-hybridized carbons (Fsp3) is 0.278. The quantitative estimate of drug-likeness (QED) is 0.721. The SMILES string of the molecule is Cc1ccc([C@H](C)N[C@@H](C)C(=O)Nc2ccc(-n3cncn3)cc2)o1. The minimum Gasteiger partial charge on any atom is -0.465 e. The average Bonchev–Trinajstić information content (AvgIpc) is 3.27. The summed E-state index contributed by atoms with van der Waals surface area (Å²) in [4.78, 5) is 16.3. The number of rotatable bonds is 6. The van der Waals surface area contributed by atoms with Crippen molar-refractivity contribution in [1.29, 1.82) is 0 Å². The number of benzene rings is 1. The van der Waals surface area contributed by atoms with E-state index in [-0.39, 0.29) is 18.0 Å². The standard InChI is InChI=1S/C18H21N5O2/c1-12-4-9-17(25-12)13(2)21-14(3)18(24)22-15-5-7-16(8-6-15)23-11-19-10-20-23/h4-11,13-14,21H,1-3H3,(H,22,24)/t13-,14-/m0/s1. The van der Waals surface area contributed by atoms with E-state index in [9.17, 15) is 4.79 Å². The van der Waals surface area contributed by atoms with Crippen molar-refractivity contribution in [3.05, 3.63) is 60.6 Å². The molecule has 0 unspecified atom stereocenters. The summed E-state index contributed by atoms with van der Waals surface area (Å²) in [5, 5.41) is 10.2. The highest BCUT2D eigenvalue weighted by Gasteiger charge is 2.18. The van der Waals surface area contributed by atoms with E-state index >= 15 is 0 Å². The highest BCUT2D eigenvalue weighted by molar-refractivity contribution is 5.94. The Morgan fingerprint density at radius 3 is 2.52 bits per heavy atom. The van der Waals surface area contributed by atoms with E-state index in [1.54, 1.807) is 11.0 Å². The minimum absolute atomic E-state index is 0.0517. The van der Waals surface area contributed by atoms with Crippen LogP contribution in [0.4, 0.5) is 5.69 Å². The Balaban J connectivity index is 1.57. The van der Waals surface area contributed by atoms with Crippen molar-refractivity contribution in [3.8, 4) is 5.69 Å². The first-order chi connectivity index (χ1) is 12.0. The third-order valence-electron chi connectivity index (χ3n) is 3.90. The zero-order chi connectivity index (χ0) is 17.8. The van der Waals surface area contributed by atoms with E-state index in [4.69, 9.17) is 4.42 Å². The average molecular weight is 339 g/mol. The molecule has 2 aromatic heterocycles. The Labute approximate surface area is 146 Å². The number of nitrogens with zero attached hydrogens (tertiary/aromatic N) is 3. The Hall–Kier alpha value is -2.93. The number of carbonyl (C=O) groups is 1. The van der Waals surface area contributed by atoms with Crippen LogP contribution < -0.4 is 10.6 Å². The van der Waals surface area contributed by atoms with Gasteiger partial charge in [-0.2, -0.15) is 5.10 Å². The van der Waals surface area contributed by atoms with Gasteiger partial charge in [-0.25, -0.2) is 9.67 Å². The van der Waals surface area contributed by atoms with Gasteiger partial charge in [0.15, 0.2) is 0 Å². The van der Waals surface area contributed by atoms with Gasteiger partial charge in [0, 0.05) is 5.69 Å². The van der Waals surface area contributed by atoms with E-state index in [1.165, 1.54) is 6.33 Å². The molecule has 2 heterocycles. The molecule has 3 rings (SSSR count). The Bertz CT molecular complexity index is 824. The van der Waals surface area contributed by atoms with Crippen molar-refractivity contribution in [2.75, 3.05) is 5.32 Å². The molecular formula is C18H21N5O2. The second-order valence-corrected chi connectivity index (χ2v) is 5.93. The molecule has 2 atom stereocenters. The number of furan rings is 1. The molecule has 0 saturated carbocycles. The van der Waals surface area contributed by atoms with Crippen LogP contribution in [0.5, 0.6) is 0 Å². The molecule has 0 radical (unpaired) electrons. The summed E-state index contributed by atoms with van der Waals surface area (Å²) in [6.07, 6.45) is 3.10. The molecule has 25 heavy (non-hydrogen) atoms. The molecule has 0 aliphatic heterocycles. The molecule has 7 heteroatoms. The molecule has 1 amide bonds. The van der Waals surface area contributed by atoms with Crippen LogP contribution in [0.25, 0.3) is 5.69 Å². The summed E-state index contributed by atoms with van der Waals surface area (Å²) in [6.45, 7) is 5.69. The summed E-state index contributed by atoms with van der Waals surface area (Å²) in [6, 6.07) is 10.8. The molecule has 0 saturated heterocycles. The third kappa shape index (κ3) is 4.13. The molecule has 130 valence electrons. The minimum atomic E-state index is -0.365. The highest BCUT2D eigenvalue weighted by Crippen LogP contribution is 2.17. The fourth-order valence-electron chi connectivity index (χ4n) is 2.51. The van der Waals surface area contributed by atoms with Gasteiger partial charge in [0.1, 0.15) is 24.2 Å². The number of aromatic nitrogens is 3. The van der Waals surface area contributed by atoms with E-state index in [0.717, 1.165) is 22.9 Å². The van der Waals surface area contributed by atoms with Crippen molar-refractivity contribution in [3.63, 3.8) is 0 Å². The van der Waals surface area contributed by atoms with Crippen molar-refractivity contribution in [1.82, 2.24) is 20.1 Å². The molecule has 0 fully saturated rings. The molecule has 0 aliphatic carbocycles. The van der Waals surface area contributed by atoms with Crippen LogP contribution >= 0.6 is 0 Å². The van der Waals surface area contributed by atoms with E-state index < -0.39 is 0 Å². The highest BCUT2D eigenvalue weighted by atomic mass is 16.3. The summed E-state index contributed by atoms with van der Waals surface area (Å²) in [7, 11) is 0. The lowest BCUT2D eigenvalue weighted by Gasteiger charge is -2.18. The Morgan fingerprint density at radius 2 is 1.92 bits per heavy atom. The maximum absolute atomic E-state index is 12.4. The number of aryl methyl sites for hydroxylation is 1. The predicted octanol–water partition coefficient (Wildman–Crippen LogP) is 2.85. The summed E-state index contributed by atoms with van der Waals surface area (Å²) in [5.74, 6) is 1.56. The van der Waals surface area contributed by atoms with Crippen LogP contribution in [-0.2, 0) is 4.79 Å². The maximum Gasteiger partial charge on any atom is 0.241 e. The summed E-state index contributed by atoms with van der Waals surface area (Å²) < 4.78 is 7.24. The van der Waals surface area contributed by atoms with Gasteiger partial charge in [0.25, 0.3) is 0 Å². The second-order valence-electron chi connectivity index (χ2n) is 5.93. The van der Waals surface area contributed by atoms with Crippen molar-refractivity contribution in [2.24, 2.45) is 0 Å². The van der Waals surface area contributed by atoms with E-state index in [2.05, 4.69) is 20.7 Å². The first-order valence-corrected chi connectivity index (χ1v) is 8.11. The lowest BCUT2D eigenvalue weighted by Crippen LogP contribution is -2.39. The molecule has 0 bridgehead atoms. The molecule has 7 nitrogen and oxygen atoms in total. The number of amides is 1. The summed E-state index contributed by atoms with van der Waals surface area (Å²) in [5.41, 5.74) is 1.60. The Kier molecular flexibility index (Phi) is 4.95. The zero-order valence-electron chi connectivity index (χ0n) is 14.4. The van der Waals surface area contributed by atoms with Crippen molar-refractivity contribution >= 4 is 11.6 Å². The van der Waals surface area contributed by atoms with Crippen molar-refractivity contribution in [2.45, 2.75) is 32.9 Å². The van der Waals surface area contributed by atoms with Gasteiger partial charge in [-0.05, 0) is 57.2 Å². The molecule has 0 spiro atoms. The van der Waals surface area contributed by atoms with Crippen LogP contribution in [0.3, 0.4) is 0 Å². The van der Waals surface area contributed by atoms with Gasteiger partial charge in [-0.15, -0.1) is 0 Å². The number of anilines is 1. The van der Waals surface area contributed by atoms with Crippen LogP contribution in [-0.4, -0.2) is 26.7 Å².